The van der Waals surface area contributed by atoms with Crippen molar-refractivity contribution in [2.75, 3.05) is 19.6 Å². The number of ether oxygens (including phenoxy) is 1. The minimum Gasteiger partial charge on any atom is -0.593 e. The van der Waals surface area contributed by atoms with E-state index in [0.717, 1.165) is 5.56 Å². The molecule has 4 rings (SSSR count). The molecule has 9 heteroatoms. The number of likely N-dealkylation sites (tertiary alicyclic amines) is 1. The number of nitrogens with zero attached hydrogens (tertiary/aromatic N) is 2. The number of rotatable bonds is 2. The predicted octanol–water partition coefficient (Wildman–Crippen LogP) is 1.71. The van der Waals surface area contributed by atoms with Crippen molar-refractivity contribution in [1.82, 2.24) is 14.6 Å². The first kappa shape index (κ1) is 19.0. The topological polar surface area (TPSA) is 94.6 Å². The summed E-state index contributed by atoms with van der Waals surface area (Å²) in [5.74, 6) is -0.286. The largest absolute Gasteiger partial charge is 0.593 e. The van der Waals surface area contributed by atoms with Crippen molar-refractivity contribution < 1.29 is 22.7 Å². The van der Waals surface area contributed by atoms with E-state index < -0.39 is 16.0 Å². The smallest absolute Gasteiger partial charge is 0.272 e. The molecule has 0 bridgehead atoms. The van der Waals surface area contributed by atoms with Gasteiger partial charge < -0.3 is 14.2 Å². The summed E-state index contributed by atoms with van der Waals surface area (Å²) in [5.41, 5.74) is 0.0163. The van der Waals surface area contributed by atoms with Gasteiger partial charge in [0.05, 0.1) is 13.0 Å². The summed E-state index contributed by atoms with van der Waals surface area (Å²) in [7, 11) is -3.68. The fourth-order valence-corrected chi connectivity index (χ4v) is 4.72. The first-order valence-corrected chi connectivity index (χ1v) is 10.5. The number of amides is 1. The molecule has 7 nitrogen and oxygen atoms in total. The second-order valence-electron chi connectivity index (χ2n) is 7.10. The summed E-state index contributed by atoms with van der Waals surface area (Å²) in [6, 6.07) is 8.89. The van der Waals surface area contributed by atoms with Gasteiger partial charge in [-0.2, -0.15) is 0 Å². The van der Waals surface area contributed by atoms with E-state index in [0.29, 0.717) is 25.9 Å². The van der Waals surface area contributed by atoms with Crippen LogP contribution in [0.15, 0.2) is 47.5 Å². The molecule has 1 fully saturated rings. The minimum atomic E-state index is -3.68. The number of fused-ring (bicyclic) bond motifs is 1. The Balaban J connectivity index is 1.44. The molecule has 1 spiro atoms. The van der Waals surface area contributed by atoms with Crippen LogP contribution < -0.4 is 9.46 Å². The molecule has 2 aliphatic rings. The van der Waals surface area contributed by atoms with Crippen LogP contribution in [0.25, 0.3) is 0 Å². The maximum Gasteiger partial charge on any atom is 0.272 e. The highest BCUT2D eigenvalue weighted by atomic mass is 32.3. The Bertz CT molecular complexity index is 929. The van der Waals surface area contributed by atoms with Crippen LogP contribution in [-0.4, -0.2) is 45.6 Å². The third-order valence-electron chi connectivity index (χ3n) is 5.22. The first-order chi connectivity index (χ1) is 13.4. The second kappa shape index (κ2) is 7.23. The number of nitrogens with one attached hydrogen (secondary N) is 1. The predicted molar refractivity (Wildman–Crippen MR) is 98.6 cm³/mol. The third kappa shape index (κ3) is 3.78. The SMILES string of the molecule is O=C(Cc1ccc(F)cc1)N1CCC2(CC1)CN[S+](=O)([O-])c1cccnc1O2. The molecule has 1 atom stereocenters. The van der Waals surface area contributed by atoms with Gasteiger partial charge in [-0.25, -0.2) is 9.37 Å². The average Bonchev–Trinajstić information content (AvgIpc) is 2.79. The lowest BCUT2D eigenvalue weighted by Gasteiger charge is -2.40. The van der Waals surface area contributed by atoms with Gasteiger partial charge in [0.1, 0.15) is 11.4 Å². The van der Waals surface area contributed by atoms with Crippen LogP contribution in [0.5, 0.6) is 5.88 Å². The Kier molecular flexibility index (Phi) is 4.90. The zero-order chi connectivity index (χ0) is 19.8. The molecule has 2 aromatic rings. The summed E-state index contributed by atoms with van der Waals surface area (Å²) in [4.78, 5) is 18.4. The highest BCUT2D eigenvalue weighted by molar-refractivity contribution is 7.95. The number of aromatic nitrogens is 1. The van der Waals surface area contributed by atoms with Crippen LogP contribution in [0.1, 0.15) is 18.4 Å². The van der Waals surface area contributed by atoms with Crippen LogP contribution in [0.2, 0.25) is 0 Å². The van der Waals surface area contributed by atoms with Crippen LogP contribution in [-0.2, 0) is 25.8 Å². The average molecular weight is 405 g/mol. The quantitative estimate of drug-likeness (QED) is 0.768. The molecule has 148 valence electrons. The zero-order valence-corrected chi connectivity index (χ0v) is 15.9. The van der Waals surface area contributed by atoms with E-state index in [9.17, 15) is 17.9 Å². The van der Waals surface area contributed by atoms with E-state index in [1.807, 2.05) is 0 Å². The van der Waals surface area contributed by atoms with Crippen LogP contribution in [0, 0.1) is 5.82 Å². The van der Waals surface area contributed by atoms with E-state index >= 15 is 0 Å². The Labute approximate surface area is 163 Å². The fraction of sp³-hybridized carbons (Fsp3) is 0.368. The van der Waals surface area contributed by atoms with Gasteiger partial charge in [-0.3, -0.25) is 4.79 Å². The number of carbonyl (C=O) groups excluding carboxylic acids is 1. The molecule has 0 radical (unpaired) electrons. The van der Waals surface area contributed by atoms with E-state index in [2.05, 4.69) is 9.71 Å². The molecule has 28 heavy (non-hydrogen) atoms. The summed E-state index contributed by atoms with van der Waals surface area (Å²) in [6.45, 7) is 1.03. The van der Waals surface area contributed by atoms with Crippen molar-refractivity contribution in [2.24, 2.45) is 0 Å². The van der Waals surface area contributed by atoms with Gasteiger partial charge in [0.2, 0.25) is 10.8 Å². The molecule has 1 N–H and O–H groups in total. The lowest BCUT2D eigenvalue weighted by molar-refractivity contribution is -0.133. The summed E-state index contributed by atoms with van der Waals surface area (Å²) < 4.78 is 46.4. The number of piperidine rings is 1. The minimum absolute atomic E-state index is 0.0293. The maximum absolute atomic E-state index is 13.0. The maximum atomic E-state index is 13.0. The first-order valence-electron chi connectivity index (χ1n) is 9.03. The van der Waals surface area contributed by atoms with Crippen molar-refractivity contribution in [3.8, 4) is 5.88 Å². The molecule has 3 heterocycles. The van der Waals surface area contributed by atoms with Gasteiger partial charge in [-0.1, -0.05) is 16.3 Å². The number of pyridine rings is 1. The number of halogens is 1. The van der Waals surface area contributed by atoms with Crippen molar-refractivity contribution >= 4 is 16.3 Å². The van der Waals surface area contributed by atoms with Crippen LogP contribution in [0.3, 0.4) is 0 Å². The number of sulfonamides is 1. The van der Waals surface area contributed by atoms with Crippen molar-refractivity contribution in [3.63, 3.8) is 0 Å². The second-order valence-corrected chi connectivity index (χ2v) is 8.84. The normalized spacial score (nSPS) is 23.6. The lowest BCUT2D eigenvalue weighted by atomic mass is 9.91. The van der Waals surface area contributed by atoms with Gasteiger partial charge in [0.25, 0.3) is 5.88 Å². The van der Waals surface area contributed by atoms with Gasteiger partial charge in [0.15, 0.2) is 10.4 Å². The van der Waals surface area contributed by atoms with Crippen LogP contribution >= 0.6 is 0 Å². The van der Waals surface area contributed by atoms with Crippen molar-refractivity contribution in [2.45, 2.75) is 29.8 Å². The van der Waals surface area contributed by atoms with Crippen molar-refractivity contribution in [1.29, 1.82) is 0 Å². The van der Waals surface area contributed by atoms with E-state index in [4.69, 9.17) is 4.74 Å². The van der Waals surface area contributed by atoms with Crippen molar-refractivity contribution in [3.05, 3.63) is 54.0 Å². The van der Waals surface area contributed by atoms with Crippen LogP contribution in [0.4, 0.5) is 4.39 Å². The molecule has 1 aromatic heterocycles. The Hall–Kier alpha value is -2.36. The Morgan fingerprint density at radius 3 is 2.71 bits per heavy atom. The van der Waals surface area contributed by atoms with E-state index in [-0.39, 0.29) is 35.5 Å². The standard InChI is InChI=1S/C19H20FN3O4S/c20-15-5-3-14(4-6-15)12-17(24)23-10-7-19(8-11-23)13-22-28(25,26)16-2-1-9-21-18(16)27-19/h1-6,9H,7-8,10-13H2,(H-,22,25,26). The molecular formula is C19H20FN3O4S. The highest BCUT2D eigenvalue weighted by Crippen LogP contribution is 2.35. The Morgan fingerprint density at radius 2 is 2.00 bits per heavy atom. The number of hydrogen-bond acceptors (Lipinski definition) is 5. The molecule has 1 unspecified atom stereocenters. The molecule has 0 saturated carbocycles. The monoisotopic (exact) mass is 405 g/mol. The summed E-state index contributed by atoms with van der Waals surface area (Å²) >= 11 is 0. The van der Waals surface area contributed by atoms with Gasteiger partial charge >= 0.3 is 0 Å². The molecular weight excluding hydrogens is 385 g/mol. The number of carbonyl (C=O) groups is 1. The molecule has 1 amide bonds. The molecule has 1 saturated heterocycles. The van der Waals surface area contributed by atoms with Gasteiger partial charge in [0, 0.05) is 38.2 Å². The lowest BCUT2D eigenvalue weighted by Crippen LogP contribution is -2.54. The van der Waals surface area contributed by atoms with E-state index in [1.54, 1.807) is 23.1 Å². The molecule has 0 aliphatic carbocycles. The third-order valence-corrected chi connectivity index (χ3v) is 6.63. The highest BCUT2D eigenvalue weighted by Gasteiger charge is 2.44. The number of benzene rings is 1. The zero-order valence-electron chi connectivity index (χ0n) is 15.1. The Morgan fingerprint density at radius 1 is 1.29 bits per heavy atom. The molecule has 1 aromatic carbocycles. The number of hydrogen-bond donors (Lipinski definition) is 1. The fourth-order valence-electron chi connectivity index (χ4n) is 3.53. The van der Waals surface area contributed by atoms with E-state index in [1.165, 1.54) is 24.4 Å². The summed E-state index contributed by atoms with van der Waals surface area (Å²) in [6.07, 6.45) is 2.67. The summed E-state index contributed by atoms with van der Waals surface area (Å²) in [5, 5.41) is 0. The van der Waals surface area contributed by atoms with Gasteiger partial charge in [-0.05, 0) is 23.8 Å². The molecule has 2 aliphatic heterocycles. The van der Waals surface area contributed by atoms with Gasteiger partial charge in [-0.15, -0.1) is 4.72 Å².